The van der Waals surface area contributed by atoms with Crippen molar-refractivity contribution in [1.82, 2.24) is 0 Å². The zero-order valence-corrected chi connectivity index (χ0v) is 56.8. The van der Waals surface area contributed by atoms with E-state index in [4.69, 9.17) is 28.4 Å². The van der Waals surface area contributed by atoms with Gasteiger partial charge in [-0.15, -0.1) is 0 Å². The van der Waals surface area contributed by atoms with Crippen molar-refractivity contribution in [3.8, 4) is 47.0 Å². The minimum Gasteiger partial charge on any atom is -0.494 e. The third-order valence-corrected chi connectivity index (χ3v) is 20.4. The van der Waals surface area contributed by atoms with Crippen molar-refractivity contribution in [2.75, 3.05) is 26.4 Å². The molecule has 0 aliphatic heterocycles. The number of rotatable bonds is 32. The van der Waals surface area contributed by atoms with Crippen LogP contribution in [0.4, 0.5) is 0 Å². The van der Waals surface area contributed by atoms with Crippen LogP contribution in [0.15, 0.2) is 122 Å². The fourth-order valence-electron chi connectivity index (χ4n) is 14.5. The predicted molar refractivity (Wildman–Crippen MR) is 375 cm³/mol. The van der Waals surface area contributed by atoms with Crippen LogP contribution in [0.5, 0.6) is 11.5 Å². The van der Waals surface area contributed by atoms with E-state index in [1.165, 1.54) is 115 Å². The van der Waals surface area contributed by atoms with E-state index in [2.05, 4.69) is 62.5 Å². The van der Waals surface area contributed by atoms with Crippen LogP contribution in [0.25, 0.3) is 0 Å². The van der Waals surface area contributed by atoms with Crippen LogP contribution in [-0.2, 0) is 28.5 Å². The van der Waals surface area contributed by atoms with E-state index in [0.29, 0.717) is 86.6 Å². The van der Waals surface area contributed by atoms with Gasteiger partial charge in [-0.2, -0.15) is 0 Å². The molecule has 4 aromatic rings. The van der Waals surface area contributed by atoms with E-state index in [1.807, 2.05) is 72.8 Å². The molecule has 4 aliphatic rings. The Morgan fingerprint density at radius 1 is 0.394 bits per heavy atom. The van der Waals surface area contributed by atoms with Crippen molar-refractivity contribution in [3.63, 3.8) is 0 Å². The SMILES string of the molecule is C=CC(=O)OCCCCCCOc1ccc(C(=O)OC2(C#Cc3ccc(C#Cc4ccc(C#CC5(OC(=O)c6ccc(OCCCCCCOC(=O)C=C)cc6)CCC(C6CCC(CCCCC)CC6)CC5)cc4)cc3)CCC(C3CCC(CCCCC)CC3)CC2)cc1. The molecule has 0 heterocycles. The highest BCUT2D eigenvalue weighted by Gasteiger charge is 2.42. The third kappa shape index (κ3) is 24.4. The van der Waals surface area contributed by atoms with Crippen LogP contribution in [0.2, 0.25) is 0 Å². The smallest absolute Gasteiger partial charge is 0.339 e. The Morgan fingerprint density at radius 3 is 1.04 bits per heavy atom. The lowest BCUT2D eigenvalue weighted by atomic mass is 9.67. The van der Waals surface area contributed by atoms with Gasteiger partial charge in [-0.3, -0.25) is 0 Å². The van der Waals surface area contributed by atoms with Crippen molar-refractivity contribution >= 4 is 23.9 Å². The number of carbonyl (C=O) groups excluding carboxylic acids is 4. The maximum absolute atomic E-state index is 14.0. The number of esters is 4. The fraction of sp³-hybridized carbons (Fsp3) is 0.548. The molecule has 0 saturated heterocycles. The first-order valence-electron chi connectivity index (χ1n) is 36.2. The molecule has 0 unspecified atom stereocenters. The van der Waals surface area contributed by atoms with E-state index < -0.39 is 23.1 Å². The average molecular weight is 1280 g/mol. The minimum absolute atomic E-state index is 0.369. The average Bonchev–Trinajstić information content (AvgIpc) is 0.853. The number of hydrogen-bond acceptors (Lipinski definition) is 10. The van der Waals surface area contributed by atoms with Gasteiger partial charge in [0.05, 0.1) is 37.6 Å². The Hall–Kier alpha value is -7.48. The van der Waals surface area contributed by atoms with Gasteiger partial charge in [-0.25, -0.2) is 19.2 Å². The first-order chi connectivity index (χ1) is 45.9. The Kier molecular flexibility index (Phi) is 30.3. The molecule has 4 fully saturated rings. The molecule has 94 heavy (non-hydrogen) atoms. The maximum Gasteiger partial charge on any atom is 0.339 e. The predicted octanol–water partition coefficient (Wildman–Crippen LogP) is 19.5. The van der Waals surface area contributed by atoms with Gasteiger partial charge in [-0.1, -0.05) is 128 Å². The first kappa shape index (κ1) is 72.4. The Bertz CT molecular complexity index is 2950. The Labute approximate surface area is 563 Å². The van der Waals surface area contributed by atoms with E-state index in [-0.39, 0.29) is 11.9 Å². The Morgan fingerprint density at radius 2 is 0.713 bits per heavy atom. The molecule has 4 saturated carbocycles. The van der Waals surface area contributed by atoms with Gasteiger partial charge in [0.1, 0.15) is 11.5 Å². The number of benzene rings is 4. The summed E-state index contributed by atoms with van der Waals surface area (Å²) in [6.45, 7) is 13.3. The van der Waals surface area contributed by atoms with Gasteiger partial charge in [0.2, 0.25) is 0 Å². The summed E-state index contributed by atoms with van der Waals surface area (Å²) >= 11 is 0. The van der Waals surface area contributed by atoms with Crippen molar-refractivity contribution < 1.29 is 47.6 Å². The van der Waals surface area contributed by atoms with Crippen molar-refractivity contribution in [3.05, 3.63) is 156 Å². The number of ether oxygens (including phenoxy) is 6. The normalized spacial score (nSPS) is 22.4. The minimum atomic E-state index is -0.893. The molecular formula is C84H106O10. The molecular weight excluding hydrogens is 1170 g/mol. The van der Waals surface area contributed by atoms with E-state index in [9.17, 15) is 19.2 Å². The van der Waals surface area contributed by atoms with Gasteiger partial charge in [0.15, 0.2) is 11.2 Å². The molecule has 10 nitrogen and oxygen atoms in total. The van der Waals surface area contributed by atoms with Crippen LogP contribution >= 0.6 is 0 Å². The standard InChI is InChI=1S/C84H106O10/c1-5-9-15-21-65-33-37-71(38-34-65)73-51-57-83(58-52-73,93-81(87)75-41-45-77(46-42-75)89-61-17-11-13-19-63-91-79(85)7-3)55-49-69-29-25-67(26-30-69)23-24-68-27-31-70(32-28-68)50-56-84(59-53-74(54-60-84)72-39-35-66(36-40-72)22-16-10-6-2)94-82(88)76-43-47-78(48-44-76)90-62-18-12-14-20-64-92-80(86)8-4/h7-8,25-32,41-48,65-66,71-74H,3-6,9-22,33-40,51-54,57-64H2,1-2H3. The summed E-state index contributed by atoms with van der Waals surface area (Å²) in [5.41, 5.74) is 2.58. The number of unbranched alkanes of at least 4 members (excludes halogenated alkanes) is 10. The largest absolute Gasteiger partial charge is 0.494 e. The van der Waals surface area contributed by atoms with Crippen molar-refractivity contribution in [1.29, 1.82) is 0 Å². The van der Waals surface area contributed by atoms with Crippen molar-refractivity contribution in [2.24, 2.45) is 35.5 Å². The van der Waals surface area contributed by atoms with E-state index >= 15 is 0 Å². The van der Waals surface area contributed by atoms with E-state index in [0.717, 1.165) is 123 Å². The molecule has 502 valence electrons. The molecule has 0 spiro atoms. The third-order valence-electron chi connectivity index (χ3n) is 20.4. The molecule has 0 bridgehead atoms. The van der Waals surface area contributed by atoms with Gasteiger partial charge in [-0.05, 0) is 273 Å². The summed E-state index contributed by atoms with van der Waals surface area (Å²) in [6, 6.07) is 30.4. The second kappa shape index (κ2) is 39.4. The molecule has 0 atom stereocenters. The Balaban J connectivity index is 0.878. The van der Waals surface area contributed by atoms with Gasteiger partial charge < -0.3 is 28.4 Å². The topological polar surface area (TPSA) is 124 Å². The summed E-state index contributed by atoms with van der Waals surface area (Å²) in [7, 11) is 0. The fourth-order valence-corrected chi connectivity index (χ4v) is 14.5. The lowest BCUT2D eigenvalue weighted by Crippen LogP contribution is -2.39. The second-order valence-electron chi connectivity index (χ2n) is 27.2. The summed E-state index contributed by atoms with van der Waals surface area (Å²) < 4.78 is 35.2. The first-order valence-corrected chi connectivity index (χ1v) is 36.2. The zero-order valence-electron chi connectivity index (χ0n) is 56.8. The van der Waals surface area contributed by atoms with Crippen molar-refractivity contribution in [2.45, 2.75) is 231 Å². The monoisotopic (exact) mass is 1270 g/mol. The molecule has 10 heteroatoms. The summed E-state index contributed by atoms with van der Waals surface area (Å²) in [6.07, 6.45) is 37.6. The van der Waals surface area contributed by atoms with Crippen LogP contribution in [-0.4, -0.2) is 61.5 Å². The van der Waals surface area contributed by atoms with Crippen LogP contribution < -0.4 is 9.47 Å². The van der Waals surface area contributed by atoms with Crippen LogP contribution in [0, 0.1) is 71.0 Å². The van der Waals surface area contributed by atoms with Gasteiger partial charge >= 0.3 is 23.9 Å². The summed E-state index contributed by atoms with van der Waals surface area (Å²) in [5, 5.41) is 0. The zero-order chi connectivity index (χ0) is 66.1. The lowest BCUT2D eigenvalue weighted by Gasteiger charge is -2.41. The van der Waals surface area contributed by atoms with Crippen LogP contribution in [0.1, 0.15) is 262 Å². The molecule has 8 rings (SSSR count). The maximum atomic E-state index is 14.0. The summed E-state index contributed by atoms with van der Waals surface area (Å²) in [4.78, 5) is 50.5. The second-order valence-corrected chi connectivity index (χ2v) is 27.2. The lowest BCUT2D eigenvalue weighted by molar-refractivity contribution is -0.138. The molecule has 4 aromatic carbocycles. The number of hydrogen-bond donors (Lipinski definition) is 0. The highest BCUT2D eigenvalue weighted by molar-refractivity contribution is 5.90. The van der Waals surface area contributed by atoms with E-state index in [1.54, 1.807) is 24.3 Å². The molecule has 0 radical (unpaired) electrons. The summed E-state index contributed by atoms with van der Waals surface area (Å²) in [5.74, 6) is 24.9. The number of carbonyl (C=O) groups is 4. The highest BCUT2D eigenvalue weighted by atomic mass is 16.6. The highest BCUT2D eigenvalue weighted by Crippen LogP contribution is 2.46. The van der Waals surface area contributed by atoms with Gasteiger partial charge in [0, 0.05) is 34.4 Å². The molecule has 0 N–H and O–H groups in total. The van der Waals surface area contributed by atoms with Crippen LogP contribution in [0.3, 0.4) is 0 Å². The van der Waals surface area contributed by atoms with Gasteiger partial charge in [0.25, 0.3) is 0 Å². The molecule has 0 aromatic heterocycles. The molecule has 4 aliphatic carbocycles. The quantitative estimate of drug-likeness (QED) is 0.0153. The molecule has 0 amide bonds.